The molecule has 0 aliphatic rings. The van der Waals surface area contributed by atoms with Gasteiger partial charge in [0.25, 0.3) is 0 Å². The lowest BCUT2D eigenvalue weighted by molar-refractivity contribution is -0.114. The van der Waals surface area contributed by atoms with Crippen molar-refractivity contribution >= 4 is 46.6 Å². The molecule has 0 radical (unpaired) electrons. The normalized spacial score (nSPS) is 11.5. The van der Waals surface area contributed by atoms with Gasteiger partial charge < -0.3 is 24.7 Å². The molecular weight excluding hydrogens is 466 g/mol. The summed E-state index contributed by atoms with van der Waals surface area (Å²) in [5, 5.41) is 14.9. The molecule has 0 spiro atoms. The first kappa shape index (κ1) is 24.4. The number of carbonyl (C=O) groups is 2. The van der Waals surface area contributed by atoms with Crippen LogP contribution in [0.5, 0.6) is 11.5 Å². The lowest BCUT2D eigenvalue weighted by atomic mass is 10.2. The van der Waals surface area contributed by atoms with Crippen LogP contribution in [0.25, 0.3) is 0 Å². The number of anilines is 2. The SMILES string of the molecule is COc1ccc(NC(=O)CSc2nnc(C(C)Oc3ccccc3Cl)n2C)cc1NC(C)=O. The summed E-state index contributed by atoms with van der Waals surface area (Å²) in [5.74, 6) is 1.31. The zero-order valence-corrected chi connectivity index (χ0v) is 20.2. The minimum atomic E-state index is -0.392. The number of hydrogen-bond acceptors (Lipinski definition) is 7. The third-order valence-electron chi connectivity index (χ3n) is 4.50. The van der Waals surface area contributed by atoms with E-state index in [-0.39, 0.29) is 17.6 Å². The number of amides is 2. The highest BCUT2D eigenvalue weighted by Crippen LogP contribution is 2.30. The Morgan fingerprint density at radius 1 is 1.15 bits per heavy atom. The number of carbonyl (C=O) groups excluding carboxylic acids is 2. The smallest absolute Gasteiger partial charge is 0.234 e. The molecule has 1 heterocycles. The van der Waals surface area contributed by atoms with Crippen LogP contribution >= 0.6 is 23.4 Å². The van der Waals surface area contributed by atoms with Gasteiger partial charge in [-0.15, -0.1) is 10.2 Å². The number of ether oxygens (including phenoxy) is 2. The molecule has 2 aromatic carbocycles. The molecule has 0 saturated carbocycles. The predicted octanol–water partition coefficient (Wildman–Crippen LogP) is 4.31. The zero-order valence-electron chi connectivity index (χ0n) is 18.6. The topological polar surface area (TPSA) is 107 Å². The molecule has 9 nitrogen and oxygen atoms in total. The van der Waals surface area contributed by atoms with E-state index in [4.69, 9.17) is 21.1 Å². The summed E-state index contributed by atoms with van der Waals surface area (Å²) in [7, 11) is 3.32. The predicted molar refractivity (Wildman–Crippen MR) is 128 cm³/mol. The Balaban J connectivity index is 1.60. The number of para-hydroxylation sites is 1. The fourth-order valence-electron chi connectivity index (χ4n) is 2.99. The Kier molecular flexibility index (Phi) is 8.18. The van der Waals surface area contributed by atoms with Gasteiger partial charge in [0.2, 0.25) is 11.8 Å². The van der Waals surface area contributed by atoms with Crippen LogP contribution in [0.4, 0.5) is 11.4 Å². The van der Waals surface area contributed by atoms with Gasteiger partial charge in [-0.25, -0.2) is 0 Å². The number of rotatable bonds is 9. The second-order valence-electron chi connectivity index (χ2n) is 7.02. The summed E-state index contributed by atoms with van der Waals surface area (Å²) in [4.78, 5) is 23.8. The number of hydrogen-bond donors (Lipinski definition) is 2. The maximum absolute atomic E-state index is 12.5. The Labute approximate surface area is 200 Å². The van der Waals surface area contributed by atoms with Crippen LogP contribution < -0.4 is 20.1 Å². The van der Waals surface area contributed by atoms with E-state index >= 15 is 0 Å². The summed E-state index contributed by atoms with van der Waals surface area (Å²) in [5.41, 5.74) is 1.01. The molecule has 0 saturated heterocycles. The lowest BCUT2D eigenvalue weighted by Gasteiger charge is -2.15. The molecule has 11 heteroatoms. The third kappa shape index (κ3) is 6.39. The van der Waals surface area contributed by atoms with Gasteiger partial charge in [-0.3, -0.25) is 9.59 Å². The van der Waals surface area contributed by atoms with Gasteiger partial charge in [0.15, 0.2) is 17.1 Å². The molecule has 0 aliphatic carbocycles. The standard InChI is InChI=1S/C22H24ClN5O4S/c1-13(32-18-8-6-5-7-16(18)23)21-26-27-22(28(21)3)33-12-20(30)25-15-9-10-19(31-4)17(11-15)24-14(2)29/h5-11,13H,12H2,1-4H3,(H,24,29)(H,25,30). The highest BCUT2D eigenvalue weighted by Gasteiger charge is 2.19. The Morgan fingerprint density at radius 2 is 1.91 bits per heavy atom. The molecule has 0 aliphatic heterocycles. The molecule has 1 atom stereocenters. The molecule has 3 aromatic rings. The quantitative estimate of drug-likeness (QED) is 0.431. The summed E-state index contributed by atoms with van der Waals surface area (Å²) in [6.07, 6.45) is -0.392. The first-order valence-corrected chi connectivity index (χ1v) is 11.3. The summed E-state index contributed by atoms with van der Waals surface area (Å²) < 4.78 is 12.9. The van der Waals surface area contributed by atoms with Crippen LogP contribution in [0.15, 0.2) is 47.6 Å². The number of thioether (sulfide) groups is 1. The van der Waals surface area contributed by atoms with Crippen molar-refractivity contribution in [3.05, 3.63) is 53.3 Å². The van der Waals surface area contributed by atoms with Crippen molar-refractivity contribution in [1.29, 1.82) is 0 Å². The zero-order chi connectivity index (χ0) is 24.0. The van der Waals surface area contributed by atoms with Crippen molar-refractivity contribution in [1.82, 2.24) is 14.8 Å². The van der Waals surface area contributed by atoms with E-state index in [2.05, 4.69) is 20.8 Å². The van der Waals surface area contributed by atoms with Crippen molar-refractivity contribution in [3.63, 3.8) is 0 Å². The van der Waals surface area contributed by atoms with E-state index in [0.29, 0.717) is 38.9 Å². The van der Waals surface area contributed by atoms with Crippen molar-refractivity contribution < 1.29 is 19.1 Å². The summed E-state index contributed by atoms with van der Waals surface area (Å²) >= 11 is 7.41. The van der Waals surface area contributed by atoms with E-state index in [1.807, 2.05) is 26.1 Å². The maximum atomic E-state index is 12.5. The van der Waals surface area contributed by atoms with E-state index in [0.717, 1.165) is 0 Å². The first-order valence-electron chi connectivity index (χ1n) is 9.97. The molecule has 1 unspecified atom stereocenters. The first-order chi connectivity index (χ1) is 15.8. The second-order valence-corrected chi connectivity index (χ2v) is 8.37. The average molecular weight is 490 g/mol. The number of methoxy groups -OCH3 is 1. The van der Waals surface area contributed by atoms with E-state index in [1.165, 1.54) is 25.8 Å². The molecule has 2 amide bonds. The number of nitrogens with zero attached hydrogens (tertiary/aromatic N) is 3. The Bertz CT molecular complexity index is 1150. The van der Waals surface area contributed by atoms with Gasteiger partial charge in [0, 0.05) is 19.7 Å². The van der Waals surface area contributed by atoms with Crippen molar-refractivity contribution in [2.75, 3.05) is 23.5 Å². The number of aromatic nitrogens is 3. The molecular formula is C22H24ClN5O4S. The minimum absolute atomic E-state index is 0.118. The molecule has 2 N–H and O–H groups in total. The largest absolute Gasteiger partial charge is 0.495 e. The maximum Gasteiger partial charge on any atom is 0.234 e. The van der Waals surface area contributed by atoms with Gasteiger partial charge in [0.1, 0.15) is 11.5 Å². The minimum Gasteiger partial charge on any atom is -0.495 e. The van der Waals surface area contributed by atoms with Gasteiger partial charge in [-0.1, -0.05) is 35.5 Å². The third-order valence-corrected chi connectivity index (χ3v) is 5.83. The van der Waals surface area contributed by atoms with Crippen LogP contribution in [0.2, 0.25) is 5.02 Å². The molecule has 3 rings (SSSR count). The van der Waals surface area contributed by atoms with Crippen LogP contribution in [0, 0.1) is 0 Å². The van der Waals surface area contributed by atoms with Crippen molar-refractivity contribution in [2.24, 2.45) is 7.05 Å². The van der Waals surface area contributed by atoms with Gasteiger partial charge in [0.05, 0.1) is 23.6 Å². The highest BCUT2D eigenvalue weighted by molar-refractivity contribution is 7.99. The van der Waals surface area contributed by atoms with E-state index in [1.54, 1.807) is 34.9 Å². The second kappa shape index (κ2) is 11.1. The van der Waals surface area contributed by atoms with Gasteiger partial charge >= 0.3 is 0 Å². The van der Waals surface area contributed by atoms with E-state index in [9.17, 15) is 9.59 Å². The fourth-order valence-corrected chi connectivity index (χ4v) is 3.89. The Morgan fingerprint density at radius 3 is 2.61 bits per heavy atom. The van der Waals surface area contributed by atoms with Crippen LogP contribution in [-0.2, 0) is 16.6 Å². The monoisotopic (exact) mass is 489 g/mol. The molecule has 0 fully saturated rings. The molecule has 1 aromatic heterocycles. The van der Waals surface area contributed by atoms with E-state index < -0.39 is 6.10 Å². The summed E-state index contributed by atoms with van der Waals surface area (Å²) in [6.45, 7) is 3.25. The molecule has 0 bridgehead atoms. The van der Waals surface area contributed by atoms with Crippen LogP contribution in [-0.4, -0.2) is 39.4 Å². The average Bonchev–Trinajstić information content (AvgIpc) is 3.14. The molecule has 174 valence electrons. The summed E-state index contributed by atoms with van der Waals surface area (Å²) in [6, 6.07) is 12.2. The van der Waals surface area contributed by atoms with Crippen LogP contribution in [0.1, 0.15) is 25.8 Å². The number of nitrogens with one attached hydrogen (secondary N) is 2. The van der Waals surface area contributed by atoms with Gasteiger partial charge in [-0.2, -0.15) is 0 Å². The number of benzene rings is 2. The molecule has 33 heavy (non-hydrogen) atoms. The van der Waals surface area contributed by atoms with Gasteiger partial charge in [-0.05, 0) is 37.3 Å². The fraction of sp³-hybridized carbons (Fsp3) is 0.273. The highest BCUT2D eigenvalue weighted by atomic mass is 35.5. The van der Waals surface area contributed by atoms with Crippen molar-refractivity contribution in [3.8, 4) is 11.5 Å². The van der Waals surface area contributed by atoms with Crippen LogP contribution in [0.3, 0.4) is 0 Å². The van der Waals surface area contributed by atoms with Crippen molar-refractivity contribution in [2.45, 2.75) is 25.1 Å². The Hall–Kier alpha value is -3.24. The lowest BCUT2D eigenvalue weighted by Crippen LogP contribution is -2.15. The number of halogens is 1.